The summed E-state index contributed by atoms with van der Waals surface area (Å²) < 4.78 is 51.3. The maximum atomic E-state index is 13.2. The Hall–Kier alpha value is -1.74. The summed E-state index contributed by atoms with van der Waals surface area (Å²) in [6, 6.07) is 2.36. The summed E-state index contributed by atoms with van der Waals surface area (Å²) in [4.78, 5) is 9.53. The fraction of sp³-hybridized carbons (Fsp3) is 0.467. The van der Waals surface area contributed by atoms with Crippen molar-refractivity contribution < 1.29 is 17.6 Å². The van der Waals surface area contributed by atoms with Crippen LogP contribution in [0.1, 0.15) is 25.3 Å². The minimum atomic E-state index is -4.81. The van der Waals surface area contributed by atoms with Gasteiger partial charge in [-0.15, -0.1) is 24.8 Å². The fourth-order valence-corrected chi connectivity index (χ4v) is 2.54. The average Bonchev–Trinajstić information content (AvgIpc) is 2.48. The average molecular weight is 418 g/mol. The van der Waals surface area contributed by atoms with Gasteiger partial charge in [-0.3, -0.25) is 0 Å². The number of alkyl halides is 3. The number of benzene rings is 1. The Kier molecular flexibility index (Phi) is 9.16. The molecule has 5 nitrogen and oxygen atoms in total. The predicted molar refractivity (Wildman–Crippen MR) is 98.8 cm³/mol. The van der Waals surface area contributed by atoms with E-state index in [4.69, 9.17) is 11.5 Å². The van der Waals surface area contributed by atoms with Crippen molar-refractivity contribution in [2.45, 2.75) is 25.9 Å². The maximum absolute atomic E-state index is 13.2. The second-order valence-corrected chi connectivity index (χ2v) is 5.80. The molecule has 26 heavy (non-hydrogen) atoms. The van der Waals surface area contributed by atoms with Gasteiger partial charge in [0.15, 0.2) is 5.96 Å². The maximum Gasteiger partial charge on any atom is 0.419 e. The zero-order chi connectivity index (χ0) is 17.9. The Balaban J connectivity index is 0.00000312. The van der Waals surface area contributed by atoms with Crippen molar-refractivity contribution in [3.63, 3.8) is 0 Å². The smallest absolute Gasteiger partial charge is 0.369 e. The van der Waals surface area contributed by atoms with Crippen molar-refractivity contribution in [3.05, 3.63) is 29.6 Å². The molecule has 0 radical (unpaired) electrons. The second-order valence-electron chi connectivity index (χ2n) is 5.80. The molecule has 1 saturated heterocycles. The number of rotatable bonds is 1. The molecule has 0 bridgehead atoms. The van der Waals surface area contributed by atoms with Gasteiger partial charge in [0.25, 0.3) is 0 Å². The van der Waals surface area contributed by atoms with Crippen molar-refractivity contribution in [3.8, 4) is 0 Å². The molecule has 0 aliphatic carbocycles. The molecule has 1 aromatic rings. The number of aliphatic imine (C=N–C) groups is 2. The number of piperidine rings is 1. The van der Waals surface area contributed by atoms with E-state index in [0.717, 1.165) is 32.0 Å². The highest BCUT2D eigenvalue weighted by molar-refractivity contribution is 5.94. The third-order valence-electron chi connectivity index (χ3n) is 3.71. The van der Waals surface area contributed by atoms with Crippen LogP contribution in [-0.4, -0.2) is 29.9 Å². The lowest BCUT2D eigenvalue weighted by Gasteiger charge is -2.31. The first-order valence-corrected chi connectivity index (χ1v) is 7.47. The first-order valence-electron chi connectivity index (χ1n) is 7.47. The van der Waals surface area contributed by atoms with Crippen LogP contribution < -0.4 is 11.5 Å². The van der Waals surface area contributed by atoms with Gasteiger partial charge in [-0.1, -0.05) is 6.92 Å². The minimum Gasteiger partial charge on any atom is -0.369 e. The zero-order valence-electron chi connectivity index (χ0n) is 14.0. The van der Waals surface area contributed by atoms with Crippen LogP contribution in [0.25, 0.3) is 0 Å². The molecule has 4 N–H and O–H groups in total. The van der Waals surface area contributed by atoms with Gasteiger partial charge < -0.3 is 16.4 Å². The largest absolute Gasteiger partial charge is 0.419 e. The quantitative estimate of drug-likeness (QED) is 0.415. The summed E-state index contributed by atoms with van der Waals surface area (Å²) in [5, 5.41) is 0. The van der Waals surface area contributed by atoms with E-state index in [1.165, 1.54) is 0 Å². The molecule has 11 heteroatoms. The molecule has 2 rings (SSSR count). The van der Waals surface area contributed by atoms with Gasteiger partial charge in [0.1, 0.15) is 5.82 Å². The minimum absolute atomic E-state index is 0. The van der Waals surface area contributed by atoms with Gasteiger partial charge in [-0.25, -0.2) is 9.38 Å². The zero-order valence-corrected chi connectivity index (χ0v) is 15.6. The number of guanidine groups is 2. The van der Waals surface area contributed by atoms with E-state index >= 15 is 0 Å². The van der Waals surface area contributed by atoms with Crippen molar-refractivity contribution >= 4 is 42.4 Å². The number of likely N-dealkylation sites (tertiary alicyclic amines) is 1. The van der Waals surface area contributed by atoms with Crippen LogP contribution in [0.2, 0.25) is 0 Å². The van der Waals surface area contributed by atoms with Crippen LogP contribution in [0.5, 0.6) is 0 Å². The van der Waals surface area contributed by atoms with Gasteiger partial charge >= 0.3 is 6.18 Å². The fourth-order valence-electron chi connectivity index (χ4n) is 2.54. The molecule has 0 aromatic heterocycles. The Morgan fingerprint density at radius 3 is 2.46 bits per heavy atom. The van der Waals surface area contributed by atoms with Crippen molar-refractivity contribution in [1.82, 2.24) is 4.90 Å². The number of nitrogens with two attached hydrogens (primary N) is 2. The molecule has 1 aliphatic rings. The summed E-state index contributed by atoms with van der Waals surface area (Å²) in [5.74, 6) is -1.02. The van der Waals surface area contributed by atoms with Crippen LogP contribution in [0.4, 0.5) is 23.2 Å². The molecule has 148 valence electrons. The summed E-state index contributed by atoms with van der Waals surface area (Å²) in [6.45, 7) is 3.56. The first-order chi connectivity index (χ1) is 11.2. The number of hydrogen-bond acceptors (Lipinski definition) is 1. The lowest BCUT2D eigenvalue weighted by atomic mass is 10.0. The summed E-state index contributed by atoms with van der Waals surface area (Å²) >= 11 is 0. The van der Waals surface area contributed by atoms with E-state index in [9.17, 15) is 17.6 Å². The van der Waals surface area contributed by atoms with E-state index in [1.807, 2.05) is 4.90 Å². The molecule has 0 spiro atoms. The third kappa shape index (κ3) is 6.53. The number of halogens is 6. The number of nitrogens with zero attached hydrogens (tertiary/aromatic N) is 3. The lowest BCUT2D eigenvalue weighted by molar-refractivity contribution is -0.139. The first kappa shape index (κ1) is 24.3. The molecular weight excluding hydrogens is 397 g/mol. The highest BCUT2D eigenvalue weighted by Gasteiger charge is 2.34. The molecular formula is C15H21Cl2F4N5. The highest BCUT2D eigenvalue weighted by atomic mass is 35.5. The van der Waals surface area contributed by atoms with Gasteiger partial charge in [0, 0.05) is 13.1 Å². The SMILES string of the molecule is CC1CCCN(/C(N)=N\C(N)=Nc2ccc(F)c(C(F)(F)F)c2)C1.Cl.Cl. The molecule has 1 unspecified atom stereocenters. The molecule has 0 saturated carbocycles. The van der Waals surface area contributed by atoms with Crippen LogP contribution in [-0.2, 0) is 6.18 Å². The van der Waals surface area contributed by atoms with E-state index in [1.54, 1.807) is 0 Å². The van der Waals surface area contributed by atoms with Crippen LogP contribution in [0, 0.1) is 11.7 Å². The van der Waals surface area contributed by atoms with E-state index in [0.29, 0.717) is 18.1 Å². The molecule has 1 heterocycles. The van der Waals surface area contributed by atoms with Gasteiger partial charge in [0.2, 0.25) is 5.96 Å². The van der Waals surface area contributed by atoms with Crippen LogP contribution in [0.15, 0.2) is 28.2 Å². The summed E-state index contributed by atoms with van der Waals surface area (Å²) in [6.07, 6.45) is -2.74. The van der Waals surface area contributed by atoms with Crippen LogP contribution in [0.3, 0.4) is 0 Å². The Morgan fingerprint density at radius 1 is 1.23 bits per heavy atom. The van der Waals surface area contributed by atoms with Gasteiger partial charge in [0.05, 0.1) is 11.3 Å². The lowest BCUT2D eigenvalue weighted by Crippen LogP contribution is -2.44. The Labute approximate surface area is 161 Å². The normalized spacial score (nSPS) is 18.8. The third-order valence-corrected chi connectivity index (χ3v) is 3.71. The number of hydrogen-bond donors (Lipinski definition) is 2. The van der Waals surface area contributed by atoms with Crippen LogP contribution >= 0.6 is 24.8 Å². The van der Waals surface area contributed by atoms with Gasteiger partial charge in [-0.05, 0) is 37.0 Å². The summed E-state index contributed by atoms with van der Waals surface area (Å²) in [5.41, 5.74) is 9.94. The van der Waals surface area contributed by atoms with E-state index in [2.05, 4.69) is 16.9 Å². The Morgan fingerprint density at radius 2 is 1.88 bits per heavy atom. The van der Waals surface area contributed by atoms with Crippen molar-refractivity contribution in [2.24, 2.45) is 27.4 Å². The standard InChI is InChI=1S/C15H19F4N5.2ClH/c1-9-3-2-6-24(8-9)14(21)23-13(20)22-10-4-5-12(16)11(7-10)15(17,18)19;;/h4-5,7,9H,2-3,6,8H2,1H3,(H4,20,21,22,23);2*1H. The monoisotopic (exact) mass is 417 g/mol. The summed E-state index contributed by atoms with van der Waals surface area (Å²) in [7, 11) is 0. The predicted octanol–water partition coefficient (Wildman–Crippen LogP) is 3.68. The highest BCUT2D eigenvalue weighted by Crippen LogP contribution is 2.33. The van der Waals surface area contributed by atoms with Crippen molar-refractivity contribution in [1.29, 1.82) is 0 Å². The topological polar surface area (TPSA) is 80.0 Å². The molecule has 0 amide bonds. The molecule has 1 aliphatic heterocycles. The van der Waals surface area contributed by atoms with E-state index < -0.39 is 17.6 Å². The van der Waals surface area contributed by atoms with Crippen molar-refractivity contribution in [2.75, 3.05) is 13.1 Å². The Bertz CT molecular complexity index is 664. The molecule has 1 atom stereocenters. The molecule has 1 aromatic carbocycles. The van der Waals surface area contributed by atoms with E-state index in [-0.39, 0.29) is 42.4 Å². The molecule has 1 fully saturated rings. The van der Waals surface area contributed by atoms with Gasteiger partial charge in [-0.2, -0.15) is 18.2 Å². The second kappa shape index (κ2) is 9.82.